The smallest absolute Gasteiger partial charge is 0.306 e. The molecule has 0 atom stereocenters. The maximum atomic E-state index is 11.7. The normalized spacial score (nSPS) is 17.2. The van der Waals surface area contributed by atoms with Gasteiger partial charge in [-0.2, -0.15) is 0 Å². The van der Waals surface area contributed by atoms with Gasteiger partial charge in [0.25, 0.3) is 0 Å². The minimum absolute atomic E-state index is 0.0343. The monoisotopic (exact) mass is 307 g/mol. The quantitative estimate of drug-likeness (QED) is 0.600. The summed E-state index contributed by atoms with van der Waals surface area (Å²) in [4.78, 5) is 21.9. The number of rotatable bonds is 9. The van der Waals surface area contributed by atoms with E-state index in [1.165, 1.54) is 0 Å². The SMILES string of the molecule is CCOC(=O)CCS(=O)(=O)NCC1(CC(=O)O)CCC1. The predicted molar refractivity (Wildman–Crippen MR) is 71.6 cm³/mol. The van der Waals surface area contributed by atoms with E-state index in [4.69, 9.17) is 5.11 Å². The van der Waals surface area contributed by atoms with Gasteiger partial charge in [-0.3, -0.25) is 9.59 Å². The summed E-state index contributed by atoms with van der Waals surface area (Å²) in [7, 11) is -3.58. The molecule has 0 heterocycles. The van der Waals surface area contributed by atoms with Crippen LogP contribution in [0.4, 0.5) is 0 Å². The lowest BCUT2D eigenvalue weighted by atomic mass is 9.67. The van der Waals surface area contributed by atoms with Gasteiger partial charge in [0.1, 0.15) is 0 Å². The zero-order valence-electron chi connectivity index (χ0n) is 11.6. The van der Waals surface area contributed by atoms with Gasteiger partial charge in [-0.05, 0) is 25.2 Å². The molecule has 20 heavy (non-hydrogen) atoms. The maximum Gasteiger partial charge on any atom is 0.306 e. The Morgan fingerprint density at radius 2 is 2.00 bits per heavy atom. The first-order chi connectivity index (χ1) is 9.29. The van der Waals surface area contributed by atoms with Gasteiger partial charge in [0, 0.05) is 6.54 Å². The number of aliphatic carboxylic acids is 1. The van der Waals surface area contributed by atoms with Gasteiger partial charge in [0.2, 0.25) is 10.0 Å². The number of carbonyl (C=O) groups is 2. The van der Waals surface area contributed by atoms with Crippen LogP contribution in [0.1, 0.15) is 39.0 Å². The van der Waals surface area contributed by atoms with Crippen LogP contribution in [0.25, 0.3) is 0 Å². The maximum absolute atomic E-state index is 11.7. The van der Waals surface area contributed by atoms with Crippen LogP contribution in [0, 0.1) is 5.41 Å². The zero-order chi connectivity index (χ0) is 15.2. The molecule has 1 aliphatic rings. The van der Waals surface area contributed by atoms with Crippen LogP contribution in [-0.2, 0) is 24.3 Å². The van der Waals surface area contributed by atoms with Gasteiger partial charge in [-0.15, -0.1) is 0 Å². The number of hydrogen-bond acceptors (Lipinski definition) is 5. The predicted octanol–water partition coefficient (Wildman–Crippen LogP) is 0.504. The lowest BCUT2D eigenvalue weighted by molar-refractivity contribution is -0.143. The van der Waals surface area contributed by atoms with Crippen molar-refractivity contribution in [3.8, 4) is 0 Å². The Kier molecular flexibility index (Phi) is 5.94. The summed E-state index contributed by atoms with van der Waals surface area (Å²) in [6.07, 6.45) is 2.10. The van der Waals surface area contributed by atoms with Gasteiger partial charge in [-0.1, -0.05) is 6.42 Å². The molecule has 7 nitrogen and oxygen atoms in total. The van der Waals surface area contributed by atoms with E-state index in [2.05, 4.69) is 9.46 Å². The number of carboxylic acid groups (broad SMARTS) is 1. The van der Waals surface area contributed by atoms with Crippen LogP contribution in [-0.4, -0.2) is 44.4 Å². The second-order valence-corrected chi connectivity index (χ2v) is 7.05. The molecule has 0 spiro atoms. The third-order valence-electron chi connectivity index (χ3n) is 3.49. The fourth-order valence-corrected chi connectivity index (χ4v) is 3.31. The van der Waals surface area contributed by atoms with Crippen molar-refractivity contribution in [2.45, 2.75) is 39.0 Å². The summed E-state index contributed by atoms with van der Waals surface area (Å²) in [6, 6.07) is 0. The molecule has 1 aliphatic carbocycles. The van der Waals surface area contributed by atoms with Crippen molar-refractivity contribution in [1.82, 2.24) is 4.72 Å². The van der Waals surface area contributed by atoms with Gasteiger partial charge >= 0.3 is 11.9 Å². The van der Waals surface area contributed by atoms with Crippen molar-refractivity contribution in [2.24, 2.45) is 5.41 Å². The van der Waals surface area contributed by atoms with Crippen LogP contribution in [0.3, 0.4) is 0 Å². The van der Waals surface area contributed by atoms with E-state index in [1.54, 1.807) is 6.92 Å². The second-order valence-electron chi connectivity index (χ2n) is 5.12. The fourth-order valence-electron chi connectivity index (χ4n) is 2.20. The molecule has 1 fully saturated rings. The van der Waals surface area contributed by atoms with E-state index in [-0.39, 0.29) is 31.7 Å². The molecule has 0 saturated heterocycles. The Labute approximate surface area is 118 Å². The number of carboxylic acids is 1. The average Bonchev–Trinajstić information content (AvgIpc) is 2.30. The summed E-state index contributed by atoms with van der Waals surface area (Å²) in [5, 5.41) is 8.84. The first-order valence-corrected chi connectivity index (χ1v) is 8.29. The van der Waals surface area contributed by atoms with E-state index in [9.17, 15) is 18.0 Å². The Bertz CT molecular complexity index is 455. The zero-order valence-corrected chi connectivity index (χ0v) is 12.4. The molecule has 0 aromatic heterocycles. The van der Waals surface area contributed by atoms with E-state index in [1.807, 2.05) is 0 Å². The number of sulfonamides is 1. The lowest BCUT2D eigenvalue weighted by Crippen LogP contribution is -2.44. The largest absolute Gasteiger partial charge is 0.481 e. The molecular weight excluding hydrogens is 286 g/mol. The number of hydrogen-bond donors (Lipinski definition) is 2. The Morgan fingerprint density at radius 1 is 1.35 bits per heavy atom. The highest BCUT2D eigenvalue weighted by molar-refractivity contribution is 7.89. The van der Waals surface area contributed by atoms with Crippen LogP contribution in [0.5, 0.6) is 0 Å². The third-order valence-corrected chi connectivity index (χ3v) is 4.81. The molecule has 0 aromatic carbocycles. The number of esters is 1. The van der Waals surface area contributed by atoms with E-state index in [0.29, 0.717) is 12.8 Å². The summed E-state index contributed by atoms with van der Waals surface area (Å²) in [6.45, 7) is 1.98. The fraction of sp³-hybridized carbons (Fsp3) is 0.833. The van der Waals surface area contributed by atoms with Crippen molar-refractivity contribution >= 4 is 22.0 Å². The molecule has 0 bridgehead atoms. The highest BCUT2D eigenvalue weighted by atomic mass is 32.2. The third kappa shape index (κ3) is 5.46. The highest BCUT2D eigenvalue weighted by Gasteiger charge is 2.39. The Hall–Kier alpha value is -1.15. The van der Waals surface area contributed by atoms with Gasteiger partial charge in [-0.25, -0.2) is 13.1 Å². The van der Waals surface area contributed by atoms with Crippen molar-refractivity contribution in [1.29, 1.82) is 0 Å². The standard InChI is InChI=1S/C12H21NO6S/c1-2-19-11(16)4-7-20(17,18)13-9-12(5-3-6-12)8-10(14)15/h13H,2-9H2,1H3,(H,14,15). The highest BCUT2D eigenvalue weighted by Crippen LogP contribution is 2.43. The lowest BCUT2D eigenvalue weighted by Gasteiger charge is -2.40. The Balaban J connectivity index is 2.42. The molecule has 0 aliphatic heterocycles. The van der Waals surface area contributed by atoms with E-state index in [0.717, 1.165) is 6.42 Å². The number of carbonyl (C=O) groups excluding carboxylic acids is 1. The average molecular weight is 307 g/mol. The van der Waals surface area contributed by atoms with Crippen LogP contribution in [0.15, 0.2) is 0 Å². The van der Waals surface area contributed by atoms with Gasteiger partial charge in [0.05, 0.1) is 25.2 Å². The summed E-state index contributed by atoms with van der Waals surface area (Å²) in [5.41, 5.74) is -0.469. The molecule has 0 amide bonds. The topological polar surface area (TPSA) is 110 Å². The van der Waals surface area contributed by atoms with Crippen LogP contribution < -0.4 is 4.72 Å². The molecule has 0 aromatic rings. The molecule has 2 N–H and O–H groups in total. The van der Waals surface area contributed by atoms with Gasteiger partial charge in [0.15, 0.2) is 0 Å². The van der Waals surface area contributed by atoms with Gasteiger partial charge < -0.3 is 9.84 Å². The van der Waals surface area contributed by atoms with Crippen LogP contribution >= 0.6 is 0 Å². The van der Waals surface area contributed by atoms with E-state index >= 15 is 0 Å². The van der Waals surface area contributed by atoms with Crippen molar-refractivity contribution in [3.05, 3.63) is 0 Å². The summed E-state index contributed by atoms with van der Waals surface area (Å²) in [5.74, 6) is -1.81. The number of nitrogens with one attached hydrogen (secondary N) is 1. The van der Waals surface area contributed by atoms with Crippen molar-refractivity contribution in [2.75, 3.05) is 18.9 Å². The molecule has 0 unspecified atom stereocenters. The first kappa shape index (κ1) is 16.9. The molecule has 8 heteroatoms. The van der Waals surface area contributed by atoms with E-state index < -0.39 is 27.4 Å². The molecular formula is C12H21NO6S. The minimum atomic E-state index is -3.58. The molecule has 0 radical (unpaired) electrons. The second kappa shape index (κ2) is 7.03. The summed E-state index contributed by atoms with van der Waals surface area (Å²) >= 11 is 0. The van der Waals surface area contributed by atoms with Crippen LogP contribution in [0.2, 0.25) is 0 Å². The summed E-state index contributed by atoms with van der Waals surface area (Å²) < 4.78 is 30.6. The Morgan fingerprint density at radius 3 is 2.45 bits per heavy atom. The van der Waals surface area contributed by atoms with Crippen molar-refractivity contribution < 1.29 is 27.9 Å². The molecule has 1 rings (SSSR count). The first-order valence-electron chi connectivity index (χ1n) is 6.63. The minimum Gasteiger partial charge on any atom is -0.481 e. The molecule has 116 valence electrons. The molecule has 1 saturated carbocycles. The number of ether oxygens (including phenoxy) is 1. The van der Waals surface area contributed by atoms with Crippen molar-refractivity contribution in [3.63, 3.8) is 0 Å².